The molecule has 32 heteroatoms. The molecule has 28 nitrogen and oxygen atoms in total. The zero-order chi connectivity index (χ0) is 105. The van der Waals surface area contributed by atoms with Crippen LogP contribution in [0.15, 0.2) is 299 Å². The van der Waals surface area contributed by atoms with Crippen LogP contribution in [0.3, 0.4) is 0 Å². The highest BCUT2D eigenvalue weighted by Gasteiger charge is 2.24. The van der Waals surface area contributed by atoms with Gasteiger partial charge in [0, 0.05) is 79.5 Å². The summed E-state index contributed by atoms with van der Waals surface area (Å²) in [6.45, 7) is 15.8. The highest BCUT2D eigenvalue weighted by atomic mass is 79.9. The van der Waals surface area contributed by atoms with Gasteiger partial charge in [-0.05, 0) is 282 Å². The van der Waals surface area contributed by atoms with Crippen LogP contribution >= 0.6 is 50.7 Å². The van der Waals surface area contributed by atoms with Gasteiger partial charge in [-0.15, -0.1) is 0 Å². The van der Waals surface area contributed by atoms with Crippen molar-refractivity contribution in [3.05, 3.63) is 402 Å². The van der Waals surface area contributed by atoms with Crippen LogP contribution in [0.5, 0.6) is 0 Å². The van der Waals surface area contributed by atoms with Gasteiger partial charge in [-0.3, -0.25) is 67.1 Å². The van der Waals surface area contributed by atoms with Crippen LogP contribution in [0.2, 0.25) is 15.1 Å². The van der Waals surface area contributed by atoms with Crippen LogP contribution in [0, 0.1) is 62.3 Å². The van der Waals surface area contributed by atoms with E-state index in [0.717, 1.165) is 54.5 Å². The van der Waals surface area contributed by atoms with Crippen LogP contribution in [0.25, 0.3) is 153 Å². The minimum absolute atomic E-state index is 0.0419. The maximum absolute atomic E-state index is 12.7. The van der Waals surface area contributed by atoms with E-state index in [1.807, 2.05) is 172 Å². The normalized spacial score (nSPS) is 11.1. The van der Waals surface area contributed by atoms with Crippen molar-refractivity contribution >= 4 is 245 Å². The Balaban J connectivity index is 0.000000128. The fraction of sp³-hybridized carbons (Fsp3) is 0.140. The van der Waals surface area contributed by atoms with Gasteiger partial charge in [0.2, 0.25) is 0 Å². The van der Waals surface area contributed by atoms with E-state index in [1.54, 1.807) is 184 Å². The number of rotatable bonds is 14. The van der Waals surface area contributed by atoms with Gasteiger partial charge in [0.15, 0.2) is 38.0 Å². The number of carboxylic acids is 7. The number of nitrogens with zero attached hydrogens (tertiary/aromatic N) is 7. The summed E-state index contributed by atoms with van der Waals surface area (Å²) in [5.74, 6) is -6.65. The third-order valence-corrected chi connectivity index (χ3v) is 26.2. The Hall–Kier alpha value is -17.0. The van der Waals surface area contributed by atoms with Gasteiger partial charge in [0.1, 0.15) is 45.8 Å². The number of aliphatic carboxylic acids is 7. The molecule has 0 unspecified atom stereocenters. The smallest absolute Gasteiger partial charge is 0.323 e. The van der Waals surface area contributed by atoms with E-state index in [4.69, 9.17) is 50.1 Å². The molecule has 21 aromatic rings. The zero-order valence-electron chi connectivity index (χ0n) is 79.8. The summed E-state index contributed by atoms with van der Waals surface area (Å²) >= 11 is 21.7. The van der Waals surface area contributed by atoms with E-state index < -0.39 is 41.8 Å². The number of carbonyl (C=O) groups is 7. The third kappa shape index (κ3) is 21.4. The molecule has 21 rings (SSSR count). The quantitative estimate of drug-likeness (QED) is 0.0497. The zero-order valence-corrected chi connectivity index (χ0v) is 83.6. The minimum atomic E-state index is -0.984. The van der Waals surface area contributed by atoms with Crippen molar-refractivity contribution in [1.29, 1.82) is 0 Å². The summed E-state index contributed by atoms with van der Waals surface area (Å²) in [6.07, 6.45) is 0. The second-order valence-electron chi connectivity index (χ2n) is 35.4. The number of benzene rings is 14. The Morgan fingerprint density at radius 1 is 0.219 bits per heavy atom. The number of carboxylic acid groups (broad SMARTS) is 7. The summed E-state index contributed by atoms with van der Waals surface area (Å²) in [6, 6.07) is 76.4. The number of aryl methyl sites for hydroxylation is 9. The molecule has 0 aliphatic carbocycles. The predicted octanol–water partition coefficient (Wildman–Crippen LogP) is 21.2. The molecule has 146 heavy (non-hydrogen) atoms. The lowest BCUT2D eigenvalue weighted by molar-refractivity contribution is -0.138. The van der Waals surface area contributed by atoms with Crippen molar-refractivity contribution in [2.75, 3.05) is 0 Å². The van der Waals surface area contributed by atoms with E-state index in [1.165, 1.54) is 0 Å². The Kier molecular flexibility index (Phi) is 30.5. The number of aromatic nitrogens is 7. The van der Waals surface area contributed by atoms with Crippen LogP contribution in [0.1, 0.15) is 50.1 Å². The third-order valence-electron chi connectivity index (χ3n) is 24.8. The lowest BCUT2D eigenvalue weighted by Crippen LogP contribution is -2.16. The molecule has 0 saturated heterocycles. The van der Waals surface area contributed by atoms with Crippen molar-refractivity contribution in [2.45, 2.75) is 108 Å². The summed E-state index contributed by atoms with van der Waals surface area (Å²) in [5, 5.41) is 72.6. The van der Waals surface area contributed by atoms with E-state index in [9.17, 15) is 87.5 Å². The van der Waals surface area contributed by atoms with Crippen molar-refractivity contribution in [3.63, 3.8) is 0 Å². The average Bonchev–Trinajstić information content (AvgIpc) is 0.637. The van der Waals surface area contributed by atoms with Crippen LogP contribution in [-0.2, 0) is 79.4 Å². The standard InChI is InChI=1S/3C17H15NO3.3C16H12ClNO3.C15H10BrNO3/c1-10-3-5-12-14(7-10)18(9-16(19)20)15-8-11(2)4-6-13(15)17(12)21;1-10-6-7-12-14(8-10)18(9-15(19)20)13-5-3-4-11(2)16(13)17(12)21;1-10-6-7-12-14(8-10)18(9-15(19)20)16-11(2)4-3-5-13(16)17(12)21;1-9-2-4-11-13(6-9)18(8-15(19)20)14-7-10(17)3-5-12(14)16(11)21;1-9-5-6-10-13(7-9)18(8-14(19)20)12-4-2-3-11(17)15(12)16(10)21;1-9-5-6-10-13(7-9)18(8-14(19)20)15-11(16(10)21)3-2-4-12(15)17;16-9-5-6-11-13(7-9)17(8-14(18)19)12-4-2-1-3-10(12)15(11)20/h3*3-8H,9H2,1-2H3,(H,19,20);3*2-7H,8H2,1H3,(H,19,20);1-7H,8H2,(H,18,19). The van der Waals surface area contributed by atoms with Crippen molar-refractivity contribution < 1.29 is 69.3 Å². The van der Waals surface area contributed by atoms with Gasteiger partial charge in [0.05, 0.1) is 92.7 Å². The first kappa shape index (κ1) is 103. The van der Waals surface area contributed by atoms with Gasteiger partial charge >= 0.3 is 41.8 Å². The maximum atomic E-state index is 12.7. The first-order valence-electron chi connectivity index (χ1n) is 45.4. The Morgan fingerprint density at radius 3 is 0.849 bits per heavy atom. The molecular formula is C114H91BrCl3N7O21. The molecule has 0 spiro atoms. The van der Waals surface area contributed by atoms with E-state index in [0.29, 0.717) is 168 Å². The molecule has 0 amide bonds. The lowest BCUT2D eigenvalue weighted by Gasteiger charge is -2.15. The minimum Gasteiger partial charge on any atom is -0.480 e. The van der Waals surface area contributed by atoms with Crippen LogP contribution in [0.4, 0.5) is 0 Å². The van der Waals surface area contributed by atoms with Gasteiger partial charge in [0.25, 0.3) is 0 Å². The predicted molar refractivity (Wildman–Crippen MR) is 579 cm³/mol. The molecule has 0 fully saturated rings. The topological polar surface area (TPSA) is 415 Å². The van der Waals surface area contributed by atoms with Crippen molar-refractivity contribution in [3.8, 4) is 0 Å². The van der Waals surface area contributed by atoms with Gasteiger partial charge in [-0.2, -0.15) is 0 Å². The summed E-state index contributed by atoms with van der Waals surface area (Å²) in [5.41, 5.74) is 16.6. The SMILES string of the molecule is Cc1ccc2c(=O)c3c(C)cccc3n(CC(=O)O)c2c1.Cc1ccc2c(=O)c3c(Cl)cccc3n(CC(=O)O)c2c1.Cc1ccc2c(=O)c3ccc(C)cc3n(CC(=O)O)c2c1.Cc1ccc2c(=O)c3ccc(Cl)cc3n(CC(=O)O)c2c1.Cc1ccc2c(=O)c3cccc(C)c3n(CC(=O)O)c2c1.Cc1ccc2c(=O)c3cccc(Cl)c3n(CC(=O)O)c2c1.O=C(O)Cn1c2ccccc2c(=O)c2ccc(Br)cc21. The van der Waals surface area contributed by atoms with Crippen LogP contribution in [-0.4, -0.2) is 110 Å². The number of fused-ring (bicyclic) bond motifs is 14. The molecular weight excluding hydrogens is 1990 g/mol. The van der Waals surface area contributed by atoms with Crippen molar-refractivity contribution in [1.82, 2.24) is 32.0 Å². The molecule has 0 radical (unpaired) electrons. The van der Waals surface area contributed by atoms with E-state index in [2.05, 4.69) is 15.9 Å². The van der Waals surface area contributed by atoms with Gasteiger partial charge in [-0.1, -0.05) is 142 Å². The molecule has 0 saturated carbocycles. The second kappa shape index (κ2) is 43.1. The molecule has 0 aliphatic rings. The summed E-state index contributed by atoms with van der Waals surface area (Å²) in [7, 11) is 0. The summed E-state index contributed by atoms with van der Waals surface area (Å²) in [4.78, 5) is 166. The number of hydrogen-bond donors (Lipinski definition) is 7. The van der Waals surface area contributed by atoms with Gasteiger partial charge < -0.3 is 67.7 Å². The number of hydrogen-bond acceptors (Lipinski definition) is 14. The number of halogens is 4. The monoisotopic (exact) mass is 2080 g/mol. The Morgan fingerprint density at radius 2 is 0.459 bits per heavy atom. The maximum Gasteiger partial charge on any atom is 0.323 e. The van der Waals surface area contributed by atoms with E-state index >= 15 is 0 Å². The molecule has 7 aromatic heterocycles. The summed E-state index contributed by atoms with van der Waals surface area (Å²) < 4.78 is 12.4. The Labute approximate surface area is 850 Å². The molecule has 736 valence electrons. The molecule has 0 bridgehead atoms. The first-order chi connectivity index (χ1) is 69.5. The van der Waals surface area contributed by atoms with E-state index in [-0.39, 0.29) is 83.8 Å². The fourth-order valence-electron chi connectivity index (χ4n) is 18.5. The lowest BCUT2D eigenvalue weighted by atomic mass is 10.0. The molecule has 14 aromatic carbocycles. The fourth-order valence-corrected chi connectivity index (χ4v) is 19.5. The highest BCUT2D eigenvalue weighted by Crippen LogP contribution is 2.33. The highest BCUT2D eigenvalue weighted by molar-refractivity contribution is 9.10. The van der Waals surface area contributed by atoms with Gasteiger partial charge in [-0.25, -0.2) is 0 Å². The van der Waals surface area contributed by atoms with Crippen LogP contribution < -0.4 is 38.0 Å². The van der Waals surface area contributed by atoms with Crippen molar-refractivity contribution in [2.24, 2.45) is 0 Å². The molecule has 7 heterocycles. The number of pyridine rings is 7. The largest absolute Gasteiger partial charge is 0.480 e. The molecule has 0 atom stereocenters. The molecule has 7 N–H and O–H groups in total. The average molecular weight is 2080 g/mol. The number of para-hydroxylation sites is 3. The Bertz CT molecular complexity index is 8920. The first-order valence-corrected chi connectivity index (χ1v) is 47.4. The second-order valence-corrected chi connectivity index (χ2v) is 37.5. The molecule has 0 aliphatic heterocycles.